The second kappa shape index (κ2) is 7.87. The maximum atomic E-state index is 13.2. The molecule has 0 spiro atoms. The fourth-order valence-corrected chi connectivity index (χ4v) is 3.78. The maximum Gasteiger partial charge on any atom is 0.319 e. The number of likely N-dealkylation sites (N-methyl/N-ethyl adjacent to an activating group) is 1. The Morgan fingerprint density at radius 3 is 2.81 bits per heavy atom. The van der Waals surface area contributed by atoms with Crippen molar-refractivity contribution >= 4 is 23.3 Å². The first kappa shape index (κ1) is 19.0. The molecule has 3 amide bonds. The van der Waals surface area contributed by atoms with Crippen molar-refractivity contribution in [3.63, 3.8) is 0 Å². The molecular weight excluding hydrogens is 362 g/mol. The van der Waals surface area contributed by atoms with Crippen molar-refractivity contribution in [1.82, 2.24) is 25.5 Å². The van der Waals surface area contributed by atoms with Gasteiger partial charge in [0.2, 0.25) is 0 Å². The molecule has 2 aromatic heterocycles. The summed E-state index contributed by atoms with van der Waals surface area (Å²) in [7, 11) is 1.74. The van der Waals surface area contributed by atoms with Gasteiger partial charge in [0.05, 0.1) is 28.9 Å². The number of pyridine rings is 1. The molecule has 0 aliphatic carbocycles. The number of rotatable bonds is 5. The summed E-state index contributed by atoms with van der Waals surface area (Å²) in [5.41, 5.74) is 2.68. The van der Waals surface area contributed by atoms with E-state index < -0.39 is 6.04 Å². The van der Waals surface area contributed by atoms with Crippen LogP contribution >= 0.6 is 11.3 Å². The van der Waals surface area contributed by atoms with Gasteiger partial charge >= 0.3 is 6.03 Å². The predicted octanol–water partition coefficient (Wildman–Crippen LogP) is 2.95. The minimum atomic E-state index is -0.538. The molecule has 7 nitrogen and oxygen atoms in total. The number of nitrogens with one attached hydrogen (secondary N) is 2. The van der Waals surface area contributed by atoms with Crippen LogP contribution in [0.15, 0.2) is 41.2 Å². The third-order valence-electron chi connectivity index (χ3n) is 4.33. The van der Waals surface area contributed by atoms with E-state index >= 15 is 0 Å². The van der Waals surface area contributed by atoms with Crippen LogP contribution in [0.5, 0.6) is 0 Å². The number of hydrogen-bond acceptors (Lipinski definition) is 5. The van der Waals surface area contributed by atoms with E-state index in [1.807, 2.05) is 11.4 Å². The first-order valence-corrected chi connectivity index (χ1v) is 9.62. The zero-order chi connectivity index (χ0) is 19.6. The van der Waals surface area contributed by atoms with Gasteiger partial charge in [0.25, 0.3) is 5.91 Å². The van der Waals surface area contributed by atoms with Crippen LogP contribution in [-0.2, 0) is 11.3 Å². The van der Waals surface area contributed by atoms with Gasteiger partial charge in [-0.05, 0) is 18.6 Å². The summed E-state index contributed by atoms with van der Waals surface area (Å²) in [5.74, 6) is 0.204. The molecular formula is C19H23N5O2S. The number of thiazole rings is 1. The average Bonchev–Trinajstić information content (AvgIpc) is 3.10. The number of amides is 3. The van der Waals surface area contributed by atoms with Gasteiger partial charge in [0, 0.05) is 36.4 Å². The molecule has 27 heavy (non-hydrogen) atoms. The summed E-state index contributed by atoms with van der Waals surface area (Å²) in [6.45, 7) is 6.34. The van der Waals surface area contributed by atoms with E-state index in [2.05, 4.69) is 34.4 Å². The fraction of sp³-hybridized carbons (Fsp3) is 0.368. The first-order chi connectivity index (χ1) is 12.9. The molecule has 0 saturated carbocycles. The van der Waals surface area contributed by atoms with Crippen LogP contribution < -0.4 is 10.6 Å². The van der Waals surface area contributed by atoms with Gasteiger partial charge in [-0.3, -0.25) is 9.78 Å². The smallest absolute Gasteiger partial charge is 0.319 e. The summed E-state index contributed by atoms with van der Waals surface area (Å²) in [6.07, 6.45) is 3.32. The minimum absolute atomic E-state index is 0.159. The largest absolute Gasteiger partial charge is 0.336 e. The quantitative estimate of drug-likeness (QED) is 0.828. The van der Waals surface area contributed by atoms with E-state index in [9.17, 15) is 9.59 Å². The molecule has 3 rings (SSSR count). The van der Waals surface area contributed by atoms with Crippen molar-refractivity contribution < 1.29 is 9.59 Å². The van der Waals surface area contributed by atoms with Crippen LogP contribution in [0.3, 0.4) is 0 Å². The highest BCUT2D eigenvalue weighted by Crippen LogP contribution is 2.28. The summed E-state index contributed by atoms with van der Waals surface area (Å²) in [4.78, 5) is 35.5. The summed E-state index contributed by atoms with van der Waals surface area (Å²) < 4.78 is 0. The Hall–Kier alpha value is -2.74. The van der Waals surface area contributed by atoms with Crippen LogP contribution in [-0.4, -0.2) is 33.9 Å². The van der Waals surface area contributed by atoms with Gasteiger partial charge in [-0.15, -0.1) is 11.3 Å². The molecule has 0 unspecified atom stereocenters. The lowest BCUT2D eigenvalue weighted by Gasteiger charge is -2.30. The third kappa shape index (κ3) is 4.16. The highest BCUT2D eigenvalue weighted by Gasteiger charge is 2.33. The number of carbonyl (C=O) groups is 2. The highest BCUT2D eigenvalue weighted by atomic mass is 32.1. The normalized spacial score (nSPS) is 16.9. The molecule has 1 aliphatic heterocycles. The number of aromatic nitrogens is 2. The van der Waals surface area contributed by atoms with Crippen molar-refractivity contribution in [3.05, 3.63) is 57.4 Å². The van der Waals surface area contributed by atoms with Crippen LogP contribution in [0.4, 0.5) is 4.79 Å². The lowest BCUT2D eigenvalue weighted by Crippen LogP contribution is -2.47. The van der Waals surface area contributed by atoms with Crippen molar-refractivity contribution in [1.29, 1.82) is 0 Å². The second-order valence-corrected chi connectivity index (χ2v) is 7.74. The molecule has 1 aliphatic rings. The van der Waals surface area contributed by atoms with E-state index in [4.69, 9.17) is 0 Å². The number of urea groups is 1. The maximum absolute atomic E-state index is 13.2. The zero-order valence-electron chi connectivity index (χ0n) is 15.8. The lowest BCUT2D eigenvalue weighted by molar-refractivity contribution is -0.126. The average molecular weight is 385 g/mol. The molecule has 0 saturated heterocycles. The Bertz CT molecular complexity index is 875. The standard InChI is InChI=1S/C19H23N5O2S/c1-11(2)17-22-14(10-27-17)9-24(4)18(25)15-12(3)21-19(26)23-16(15)13-6-5-7-20-8-13/h5-8,10-11,16H,9H2,1-4H3,(H2,21,23,26)/t16-/m1/s1. The van der Waals surface area contributed by atoms with Crippen molar-refractivity contribution in [2.45, 2.75) is 39.3 Å². The Morgan fingerprint density at radius 2 is 2.19 bits per heavy atom. The molecule has 3 heterocycles. The van der Waals surface area contributed by atoms with Gasteiger partial charge in [-0.25, -0.2) is 9.78 Å². The molecule has 0 bridgehead atoms. The Labute approximate surface area is 162 Å². The van der Waals surface area contributed by atoms with Crippen LogP contribution in [0.1, 0.15) is 49.0 Å². The first-order valence-electron chi connectivity index (χ1n) is 8.74. The van der Waals surface area contributed by atoms with Crippen LogP contribution in [0.25, 0.3) is 0 Å². The second-order valence-electron chi connectivity index (χ2n) is 6.85. The van der Waals surface area contributed by atoms with Gasteiger partial charge < -0.3 is 15.5 Å². The monoisotopic (exact) mass is 385 g/mol. The van der Waals surface area contributed by atoms with Gasteiger partial charge in [0.1, 0.15) is 0 Å². The molecule has 0 fully saturated rings. The molecule has 0 aromatic carbocycles. The Balaban J connectivity index is 1.85. The lowest BCUT2D eigenvalue weighted by atomic mass is 9.95. The number of hydrogen-bond donors (Lipinski definition) is 2. The van der Waals surface area contributed by atoms with Crippen molar-refractivity contribution in [2.75, 3.05) is 7.05 Å². The number of allylic oxidation sites excluding steroid dienone is 1. The molecule has 8 heteroatoms. The molecule has 2 aromatic rings. The van der Waals surface area contributed by atoms with E-state index in [1.165, 1.54) is 0 Å². The number of nitrogens with zero attached hydrogens (tertiary/aromatic N) is 3. The van der Waals surface area contributed by atoms with Gasteiger partial charge in [-0.2, -0.15) is 0 Å². The van der Waals surface area contributed by atoms with Gasteiger partial charge in [-0.1, -0.05) is 19.9 Å². The van der Waals surface area contributed by atoms with Crippen molar-refractivity contribution in [2.24, 2.45) is 0 Å². The highest BCUT2D eigenvalue weighted by molar-refractivity contribution is 7.09. The fourth-order valence-electron chi connectivity index (χ4n) is 2.95. The topological polar surface area (TPSA) is 87.2 Å². The van der Waals surface area contributed by atoms with Crippen molar-refractivity contribution in [3.8, 4) is 0 Å². The van der Waals surface area contributed by atoms with E-state index in [1.54, 1.807) is 48.7 Å². The van der Waals surface area contributed by atoms with E-state index in [0.717, 1.165) is 16.3 Å². The van der Waals surface area contributed by atoms with E-state index in [-0.39, 0.29) is 11.9 Å². The summed E-state index contributed by atoms with van der Waals surface area (Å²) >= 11 is 1.61. The van der Waals surface area contributed by atoms with Crippen LogP contribution in [0, 0.1) is 0 Å². The Kier molecular flexibility index (Phi) is 5.55. The molecule has 1 atom stereocenters. The SMILES string of the molecule is CC1=C(C(=O)N(C)Cc2csc(C(C)C)n2)[C@@H](c2cccnc2)NC(=O)N1. The number of carbonyl (C=O) groups excluding carboxylic acids is 2. The van der Waals surface area contributed by atoms with Crippen LogP contribution in [0.2, 0.25) is 0 Å². The predicted molar refractivity (Wildman–Crippen MR) is 104 cm³/mol. The van der Waals surface area contributed by atoms with E-state index in [0.29, 0.717) is 23.7 Å². The molecule has 142 valence electrons. The Morgan fingerprint density at radius 1 is 1.41 bits per heavy atom. The third-order valence-corrected chi connectivity index (χ3v) is 5.52. The summed E-state index contributed by atoms with van der Waals surface area (Å²) in [6, 6.07) is 2.76. The van der Waals surface area contributed by atoms with Gasteiger partial charge in [0.15, 0.2) is 0 Å². The molecule has 0 radical (unpaired) electrons. The molecule has 2 N–H and O–H groups in total. The zero-order valence-corrected chi connectivity index (χ0v) is 16.6. The summed E-state index contributed by atoms with van der Waals surface area (Å²) in [5, 5.41) is 8.56. The minimum Gasteiger partial charge on any atom is -0.336 e.